The fraction of sp³-hybridized carbons (Fsp3) is 0.222. The van der Waals surface area contributed by atoms with E-state index in [4.69, 9.17) is 0 Å². The Hall–Kier alpha value is -2.82. The molecule has 118 valence electrons. The third-order valence-electron chi connectivity index (χ3n) is 3.87. The van der Waals surface area contributed by atoms with Crippen LogP contribution in [0, 0.1) is 0 Å². The lowest BCUT2D eigenvalue weighted by molar-refractivity contribution is -0.116. The molecule has 0 unspecified atom stereocenters. The van der Waals surface area contributed by atoms with Crippen LogP contribution in [-0.4, -0.2) is 15.9 Å². The average molecular weight is 309 g/mol. The summed E-state index contributed by atoms with van der Waals surface area (Å²) in [5, 5.41) is 2.86. The van der Waals surface area contributed by atoms with Crippen LogP contribution in [0.4, 0.5) is 5.69 Å². The zero-order chi connectivity index (χ0) is 16.2. The summed E-state index contributed by atoms with van der Waals surface area (Å²) in [7, 11) is 0. The highest BCUT2D eigenvalue weighted by Gasteiger charge is 2.05. The van der Waals surface area contributed by atoms with E-state index in [1.165, 1.54) is 5.56 Å². The average Bonchev–Trinajstić information content (AvgIpc) is 2.92. The van der Waals surface area contributed by atoms with Gasteiger partial charge in [0.15, 0.2) is 0 Å². The van der Waals surface area contributed by atoms with Crippen molar-refractivity contribution < 1.29 is 4.79 Å². The van der Waals surface area contributed by atoms with Crippen molar-refractivity contribution in [3.05, 3.63) is 64.1 Å². The van der Waals surface area contributed by atoms with Crippen LogP contribution in [0.25, 0.3) is 11.0 Å². The van der Waals surface area contributed by atoms with Crippen molar-refractivity contribution in [3.8, 4) is 0 Å². The minimum Gasteiger partial charge on any atom is -0.326 e. The van der Waals surface area contributed by atoms with Crippen LogP contribution in [-0.2, 0) is 17.6 Å². The molecule has 5 nitrogen and oxygen atoms in total. The smallest absolute Gasteiger partial charge is 0.323 e. The Bertz CT molecular complexity index is 875. The SMILES string of the molecule is CCc1ccc(CCC(=O)Nc2ccc3[nH]c(=O)[nH]c3c2)cc1. The molecule has 0 fully saturated rings. The van der Waals surface area contributed by atoms with Crippen LogP contribution < -0.4 is 11.0 Å². The minimum absolute atomic E-state index is 0.0400. The molecule has 0 atom stereocenters. The van der Waals surface area contributed by atoms with Crippen molar-refractivity contribution in [2.75, 3.05) is 5.32 Å². The van der Waals surface area contributed by atoms with Crippen molar-refractivity contribution in [2.45, 2.75) is 26.2 Å². The molecule has 0 saturated heterocycles. The molecule has 0 radical (unpaired) electrons. The predicted molar refractivity (Wildman–Crippen MR) is 91.7 cm³/mol. The van der Waals surface area contributed by atoms with Crippen LogP contribution in [0.5, 0.6) is 0 Å². The quantitative estimate of drug-likeness (QED) is 0.677. The number of carbonyl (C=O) groups is 1. The normalized spacial score (nSPS) is 10.8. The van der Waals surface area contributed by atoms with Crippen molar-refractivity contribution in [2.24, 2.45) is 0 Å². The first kappa shape index (κ1) is 15.1. The van der Waals surface area contributed by atoms with E-state index in [9.17, 15) is 9.59 Å². The molecule has 1 aromatic heterocycles. The molecule has 2 aromatic carbocycles. The molecule has 0 saturated carbocycles. The van der Waals surface area contributed by atoms with Crippen molar-refractivity contribution in [1.82, 2.24) is 9.97 Å². The molecule has 23 heavy (non-hydrogen) atoms. The van der Waals surface area contributed by atoms with Gasteiger partial charge in [-0.2, -0.15) is 0 Å². The molecule has 0 aliphatic rings. The van der Waals surface area contributed by atoms with Crippen LogP contribution in [0.3, 0.4) is 0 Å². The Balaban J connectivity index is 1.60. The molecule has 1 amide bonds. The van der Waals surface area contributed by atoms with Crippen LogP contribution in [0.1, 0.15) is 24.5 Å². The van der Waals surface area contributed by atoms with Crippen LogP contribution in [0.2, 0.25) is 0 Å². The maximum atomic E-state index is 12.1. The number of benzene rings is 2. The third-order valence-corrected chi connectivity index (χ3v) is 3.87. The van der Waals surface area contributed by atoms with Gasteiger partial charge in [-0.25, -0.2) is 4.79 Å². The molecule has 0 spiro atoms. The van der Waals surface area contributed by atoms with Gasteiger partial charge in [0.2, 0.25) is 5.91 Å². The number of H-pyrrole nitrogens is 2. The van der Waals surface area contributed by atoms with Gasteiger partial charge in [0, 0.05) is 12.1 Å². The molecule has 5 heteroatoms. The Labute approximate surface area is 133 Å². The number of hydrogen-bond donors (Lipinski definition) is 3. The molecule has 0 aliphatic carbocycles. The molecule has 3 aromatic rings. The highest BCUT2D eigenvalue weighted by atomic mass is 16.1. The van der Waals surface area contributed by atoms with Crippen LogP contribution in [0.15, 0.2) is 47.3 Å². The summed E-state index contributed by atoms with van der Waals surface area (Å²) < 4.78 is 0. The largest absolute Gasteiger partial charge is 0.326 e. The van der Waals surface area contributed by atoms with E-state index in [0.717, 1.165) is 17.5 Å². The topological polar surface area (TPSA) is 77.8 Å². The molecular formula is C18H19N3O2. The first-order valence-electron chi connectivity index (χ1n) is 7.74. The lowest BCUT2D eigenvalue weighted by Gasteiger charge is -2.06. The number of aryl methyl sites for hydroxylation is 2. The monoisotopic (exact) mass is 309 g/mol. The standard InChI is InChI=1S/C18H19N3O2/c1-2-12-3-5-13(6-4-12)7-10-17(22)19-14-8-9-15-16(11-14)21-18(23)20-15/h3-6,8-9,11H,2,7,10H2,1H3,(H,19,22)(H2,20,21,23). The Kier molecular flexibility index (Phi) is 4.28. The van der Waals surface area contributed by atoms with Gasteiger partial charge in [-0.05, 0) is 42.2 Å². The van der Waals surface area contributed by atoms with Gasteiger partial charge >= 0.3 is 5.69 Å². The van der Waals surface area contributed by atoms with Gasteiger partial charge in [-0.1, -0.05) is 31.2 Å². The summed E-state index contributed by atoms with van der Waals surface area (Å²) in [6.45, 7) is 2.12. The van der Waals surface area contributed by atoms with Crippen molar-refractivity contribution in [3.63, 3.8) is 0 Å². The number of imidazole rings is 1. The molecule has 0 aliphatic heterocycles. The number of nitrogens with one attached hydrogen (secondary N) is 3. The number of amides is 1. The van der Waals surface area contributed by atoms with E-state index >= 15 is 0 Å². The van der Waals surface area contributed by atoms with E-state index in [2.05, 4.69) is 46.5 Å². The first-order chi connectivity index (χ1) is 11.1. The second-order valence-corrected chi connectivity index (χ2v) is 5.56. The summed E-state index contributed by atoms with van der Waals surface area (Å²) >= 11 is 0. The zero-order valence-corrected chi connectivity index (χ0v) is 13.0. The molecular weight excluding hydrogens is 290 g/mol. The van der Waals surface area contributed by atoms with Crippen molar-refractivity contribution in [1.29, 1.82) is 0 Å². The van der Waals surface area contributed by atoms with Crippen molar-refractivity contribution >= 4 is 22.6 Å². The van der Waals surface area contributed by atoms with E-state index in [1.54, 1.807) is 18.2 Å². The third kappa shape index (κ3) is 3.69. The Morgan fingerprint density at radius 3 is 2.43 bits per heavy atom. The van der Waals surface area contributed by atoms with E-state index in [-0.39, 0.29) is 11.6 Å². The number of anilines is 1. The lowest BCUT2D eigenvalue weighted by atomic mass is 10.1. The van der Waals surface area contributed by atoms with Crippen LogP contribution >= 0.6 is 0 Å². The second kappa shape index (κ2) is 6.52. The zero-order valence-electron chi connectivity index (χ0n) is 13.0. The summed E-state index contributed by atoms with van der Waals surface area (Å²) in [5.41, 5.74) is 4.29. The molecule has 1 heterocycles. The summed E-state index contributed by atoms with van der Waals surface area (Å²) in [6, 6.07) is 13.6. The van der Waals surface area contributed by atoms with E-state index in [1.807, 2.05) is 0 Å². The van der Waals surface area contributed by atoms with Gasteiger partial charge in [-0.15, -0.1) is 0 Å². The highest BCUT2D eigenvalue weighted by molar-refractivity contribution is 5.93. The lowest BCUT2D eigenvalue weighted by Crippen LogP contribution is -2.12. The maximum absolute atomic E-state index is 12.1. The fourth-order valence-corrected chi connectivity index (χ4v) is 2.53. The molecule has 3 N–H and O–H groups in total. The number of aromatic nitrogens is 2. The highest BCUT2D eigenvalue weighted by Crippen LogP contribution is 2.15. The Morgan fingerprint density at radius 2 is 1.70 bits per heavy atom. The number of fused-ring (bicyclic) bond motifs is 1. The van der Waals surface area contributed by atoms with E-state index in [0.29, 0.717) is 24.0 Å². The summed E-state index contributed by atoms with van der Waals surface area (Å²) in [4.78, 5) is 28.6. The minimum atomic E-state index is -0.251. The molecule has 3 rings (SSSR count). The predicted octanol–water partition coefficient (Wildman–Crippen LogP) is 2.99. The van der Waals surface area contributed by atoms with E-state index < -0.39 is 0 Å². The van der Waals surface area contributed by atoms with Gasteiger partial charge in [0.1, 0.15) is 0 Å². The summed E-state index contributed by atoms with van der Waals surface area (Å²) in [6.07, 6.45) is 2.15. The summed E-state index contributed by atoms with van der Waals surface area (Å²) in [5.74, 6) is -0.0400. The number of aromatic amines is 2. The fourth-order valence-electron chi connectivity index (χ4n) is 2.53. The van der Waals surface area contributed by atoms with Gasteiger partial charge < -0.3 is 15.3 Å². The van der Waals surface area contributed by atoms with Gasteiger partial charge in [0.05, 0.1) is 11.0 Å². The number of carbonyl (C=O) groups excluding carboxylic acids is 1. The van der Waals surface area contributed by atoms with Gasteiger partial charge in [0.25, 0.3) is 0 Å². The molecule has 0 bridgehead atoms. The number of hydrogen-bond acceptors (Lipinski definition) is 2. The Morgan fingerprint density at radius 1 is 1.00 bits per heavy atom. The number of rotatable bonds is 5. The second-order valence-electron chi connectivity index (χ2n) is 5.56. The maximum Gasteiger partial charge on any atom is 0.323 e. The first-order valence-corrected chi connectivity index (χ1v) is 7.74. The van der Waals surface area contributed by atoms with Gasteiger partial charge in [-0.3, -0.25) is 4.79 Å².